The van der Waals surface area contributed by atoms with Gasteiger partial charge in [-0.2, -0.15) is 0 Å². The van der Waals surface area contributed by atoms with Crippen molar-refractivity contribution < 1.29 is 4.79 Å². The van der Waals surface area contributed by atoms with E-state index in [2.05, 4.69) is 51.5 Å². The summed E-state index contributed by atoms with van der Waals surface area (Å²) in [6, 6.07) is 0. The molecule has 2 fully saturated rings. The standard InChI is InChI=1S/C17H33N3O/c1-14(21)19-8-10-20(11-9-19)17(6)12-15(2,3)18(7)16(4,5)13-17/h8-13H2,1-7H3. The summed E-state index contributed by atoms with van der Waals surface area (Å²) in [5, 5.41) is 0. The highest BCUT2D eigenvalue weighted by atomic mass is 16.2. The van der Waals surface area contributed by atoms with Crippen molar-refractivity contribution in [1.82, 2.24) is 14.7 Å². The molecular formula is C17H33N3O. The van der Waals surface area contributed by atoms with Crippen molar-refractivity contribution in [1.29, 1.82) is 0 Å². The van der Waals surface area contributed by atoms with Crippen LogP contribution in [0.1, 0.15) is 54.4 Å². The maximum absolute atomic E-state index is 11.5. The Morgan fingerprint density at radius 1 is 0.857 bits per heavy atom. The molecule has 0 aromatic carbocycles. The molecular weight excluding hydrogens is 262 g/mol. The Labute approximate surface area is 130 Å². The summed E-state index contributed by atoms with van der Waals surface area (Å²) in [6.45, 7) is 17.3. The quantitative estimate of drug-likeness (QED) is 0.742. The lowest BCUT2D eigenvalue weighted by molar-refractivity contribution is -0.134. The molecule has 0 N–H and O–H groups in total. The van der Waals surface area contributed by atoms with E-state index < -0.39 is 0 Å². The third-order valence-corrected chi connectivity index (χ3v) is 5.93. The summed E-state index contributed by atoms with van der Waals surface area (Å²) in [5.74, 6) is 0.212. The largest absolute Gasteiger partial charge is 0.340 e. The van der Waals surface area contributed by atoms with Crippen LogP contribution in [-0.2, 0) is 4.79 Å². The summed E-state index contributed by atoms with van der Waals surface area (Å²) < 4.78 is 0. The minimum atomic E-state index is 0.203. The Bertz CT molecular complexity index is 390. The minimum Gasteiger partial charge on any atom is -0.340 e. The highest BCUT2D eigenvalue weighted by Gasteiger charge is 2.51. The van der Waals surface area contributed by atoms with Crippen LogP contribution in [-0.4, -0.2) is 70.5 Å². The van der Waals surface area contributed by atoms with Crippen molar-refractivity contribution in [3.63, 3.8) is 0 Å². The molecule has 21 heavy (non-hydrogen) atoms. The van der Waals surface area contributed by atoms with E-state index in [9.17, 15) is 4.79 Å². The van der Waals surface area contributed by atoms with Crippen molar-refractivity contribution in [2.24, 2.45) is 0 Å². The molecule has 2 saturated heterocycles. The topological polar surface area (TPSA) is 26.8 Å². The predicted molar refractivity (Wildman–Crippen MR) is 87.4 cm³/mol. The summed E-state index contributed by atoms with van der Waals surface area (Å²) in [4.78, 5) is 18.7. The lowest BCUT2D eigenvalue weighted by Gasteiger charge is -2.61. The summed E-state index contributed by atoms with van der Waals surface area (Å²) >= 11 is 0. The second-order valence-electron chi connectivity index (χ2n) is 8.53. The zero-order valence-corrected chi connectivity index (χ0v) is 15.0. The van der Waals surface area contributed by atoms with Crippen LogP contribution in [0.4, 0.5) is 0 Å². The Morgan fingerprint density at radius 3 is 1.67 bits per heavy atom. The van der Waals surface area contributed by atoms with E-state index in [4.69, 9.17) is 0 Å². The first kappa shape index (κ1) is 16.8. The summed E-state index contributed by atoms with van der Waals surface area (Å²) in [5.41, 5.74) is 0.630. The third kappa shape index (κ3) is 3.11. The number of likely N-dealkylation sites (tertiary alicyclic amines) is 1. The number of hydrogen-bond donors (Lipinski definition) is 0. The fourth-order valence-electron chi connectivity index (χ4n) is 4.77. The van der Waals surface area contributed by atoms with Gasteiger partial charge in [0.2, 0.25) is 5.91 Å². The molecule has 0 bridgehead atoms. The van der Waals surface area contributed by atoms with Crippen LogP contribution >= 0.6 is 0 Å². The van der Waals surface area contributed by atoms with Crippen molar-refractivity contribution >= 4 is 5.91 Å². The molecule has 0 radical (unpaired) electrons. The zero-order valence-electron chi connectivity index (χ0n) is 15.0. The summed E-state index contributed by atoms with van der Waals surface area (Å²) in [6.07, 6.45) is 2.36. The number of piperazine rings is 1. The molecule has 2 rings (SSSR count). The molecule has 0 saturated carbocycles. The second kappa shape index (κ2) is 5.24. The number of carbonyl (C=O) groups excluding carboxylic acids is 1. The van der Waals surface area contributed by atoms with E-state index in [0.717, 1.165) is 26.2 Å². The lowest BCUT2D eigenvalue weighted by Crippen LogP contribution is -2.69. The minimum absolute atomic E-state index is 0.203. The van der Waals surface area contributed by atoms with E-state index in [1.807, 2.05) is 4.90 Å². The maximum Gasteiger partial charge on any atom is 0.219 e. The molecule has 0 atom stereocenters. The number of rotatable bonds is 1. The van der Waals surface area contributed by atoms with Crippen LogP contribution in [0.5, 0.6) is 0 Å². The Morgan fingerprint density at radius 2 is 1.29 bits per heavy atom. The first-order chi connectivity index (χ1) is 9.48. The van der Waals surface area contributed by atoms with Gasteiger partial charge in [-0.1, -0.05) is 0 Å². The van der Waals surface area contributed by atoms with E-state index >= 15 is 0 Å². The van der Waals surface area contributed by atoms with Gasteiger partial charge in [0.05, 0.1) is 0 Å². The molecule has 1 amide bonds. The molecule has 2 aliphatic rings. The maximum atomic E-state index is 11.5. The van der Waals surface area contributed by atoms with Crippen molar-refractivity contribution in [2.45, 2.75) is 71.0 Å². The van der Waals surface area contributed by atoms with E-state index in [0.29, 0.717) is 0 Å². The second-order valence-corrected chi connectivity index (χ2v) is 8.53. The molecule has 0 aromatic rings. The summed E-state index contributed by atoms with van der Waals surface area (Å²) in [7, 11) is 2.26. The Balaban J connectivity index is 2.14. The van der Waals surface area contributed by atoms with Crippen LogP contribution < -0.4 is 0 Å². The van der Waals surface area contributed by atoms with Gasteiger partial charge in [0.25, 0.3) is 0 Å². The molecule has 122 valence electrons. The van der Waals surface area contributed by atoms with Gasteiger partial charge in [0, 0.05) is 49.7 Å². The molecule has 4 nitrogen and oxygen atoms in total. The highest BCUT2D eigenvalue weighted by molar-refractivity contribution is 5.73. The van der Waals surface area contributed by atoms with E-state index in [-0.39, 0.29) is 22.5 Å². The van der Waals surface area contributed by atoms with Crippen LogP contribution in [0.3, 0.4) is 0 Å². The number of hydrogen-bond acceptors (Lipinski definition) is 3. The van der Waals surface area contributed by atoms with Gasteiger partial charge in [-0.3, -0.25) is 14.6 Å². The van der Waals surface area contributed by atoms with Gasteiger partial charge in [-0.25, -0.2) is 0 Å². The predicted octanol–water partition coefficient (Wildman–Crippen LogP) is 2.19. The fraction of sp³-hybridized carbons (Fsp3) is 0.941. The first-order valence-corrected chi connectivity index (χ1v) is 8.22. The van der Waals surface area contributed by atoms with E-state index in [1.54, 1.807) is 6.92 Å². The first-order valence-electron chi connectivity index (χ1n) is 8.22. The molecule has 0 aliphatic carbocycles. The fourth-order valence-corrected chi connectivity index (χ4v) is 4.77. The van der Waals surface area contributed by atoms with Gasteiger partial charge in [0.1, 0.15) is 0 Å². The third-order valence-electron chi connectivity index (χ3n) is 5.93. The normalized spacial score (nSPS) is 29.4. The van der Waals surface area contributed by atoms with Crippen molar-refractivity contribution in [3.05, 3.63) is 0 Å². The van der Waals surface area contributed by atoms with Crippen LogP contribution in [0, 0.1) is 0 Å². The van der Waals surface area contributed by atoms with Gasteiger partial charge < -0.3 is 4.90 Å². The number of carbonyl (C=O) groups is 1. The smallest absolute Gasteiger partial charge is 0.219 e. The number of nitrogens with zero attached hydrogens (tertiary/aromatic N) is 3. The highest BCUT2D eigenvalue weighted by Crippen LogP contribution is 2.45. The van der Waals surface area contributed by atoms with Gasteiger partial charge in [0.15, 0.2) is 0 Å². The molecule has 2 aliphatic heterocycles. The number of piperidine rings is 1. The molecule has 4 heteroatoms. The lowest BCUT2D eigenvalue weighted by atomic mass is 9.69. The van der Waals surface area contributed by atoms with Gasteiger partial charge in [-0.15, -0.1) is 0 Å². The molecule has 0 spiro atoms. The van der Waals surface area contributed by atoms with Gasteiger partial charge >= 0.3 is 0 Å². The van der Waals surface area contributed by atoms with Gasteiger partial charge in [-0.05, 0) is 54.5 Å². The SMILES string of the molecule is CC(=O)N1CCN(C2(C)CC(C)(C)N(C)C(C)(C)C2)CC1. The monoisotopic (exact) mass is 295 g/mol. The van der Waals surface area contributed by atoms with Crippen LogP contribution in [0.25, 0.3) is 0 Å². The molecule has 2 heterocycles. The average Bonchev–Trinajstić information content (AvgIpc) is 2.35. The average molecular weight is 295 g/mol. The Hall–Kier alpha value is -0.610. The number of amides is 1. The van der Waals surface area contributed by atoms with Crippen LogP contribution in [0.15, 0.2) is 0 Å². The van der Waals surface area contributed by atoms with E-state index in [1.165, 1.54) is 12.8 Å². The Kier molecular flexibility index (Phi) is 4.18. The van der Waals surface area contributed by atoms with Crippen LogP contribution in [0.2, 0.25) is 0 Å². The zero-order chi connectivity index (χ0) is 16.1. The van der Waals surface area contributed by atoms with Crippen molar-refractivity contribution in [2.75, 3.05) is 33.2 Å². The van der Waals surface area contributed by atoms with Crippen molar-refractivity contribution in [3.8, 4) is 0 Å². The molecule has 0 aromatic heterocycles. The molecule has 0 unspecified atom stereocenters.